The lowest BCUT2D eigenvalue weighted by Gasteiger charge is -2.17. The van der Waals surface area contributed by atoms with Crippen molar-refractivity contribution in [2.45, 2.75) is 12.1 Å². The summed E-state index contributed by atoms with van der Waals surface area (Å²) in [6, 6.07) is 13.2. The summed E-state index contributed by atoms with van der Waals surface area (Å²) in [5.41, 5.74) is 2.12. The van der Waals surface area contributed by atoms with Gasteiger partial charge in [0.2, 0.25) is 5.95 Å². The Hall–Kier alpha value is -3.79. The molecule has 1 fully saturated rings. The van der Waals surface area contributed by atoms with Crippen molar-refractivity contribution in [1.29, 1.82) is 0 Å². The number of aromatic nitrogens is 2. The molecule has 28 heavy (non-hydrogen) atoms. The summed E-state index contributed by atoms with van der Waals surface area (Å²) in [6.07, 6.45) is 0.116. The van der Waals surface area contributed by atoms with Crippen LogP contribution in [0.5, 0.6) is 0 Å². The number of rotatable bonds is 2. The molecule has 1 amide bonds. The molecule has 0 spiro atoms. The van der Waals surface area contributed by atoms with Gasteiger partial charge in [0.1, 0.15) is 17.6 Å². The van der Waals surface area contributed by atoms with E-state index >= 15 is 0 Å². The average molecular weight is 377 g/mol. The van der Waals surface area contributed by atoms with Gasteiger partial charge in [0.15, 0.2) is 6.10 Å². The zero-order valence-corrected chi connectivity index (χ0v) is 14.4. The van der Waals surface area contributed by atoms with E-state index in [9.17, 15) is 13.6 Å². The fraction of sp³-hybridized carbons (Fsp3) is 0.0952. The molecule has 0 unspecified atom stereocenters. The van der Waals surface area contributed by atoms with Crippen LogP contribution in [0.4, 0.5) is 13.6 Å². The topological polar surface area (TPSA) is 64.1 Å². The third-order valence-corrected chi connectivity index (χ3v) is 4.16. The number of carbonyl (C=O) groups excluding carboxylic acids is 1. The molecular weight excluding hydrogens is 364 g/mol. The van der Waals surface area contributed by atoms with Gasteiger partial charge in [-0.2, -0.15) is 4.39 Å². The zero-order valence-electron chi connectivity index (χ0n) is 14.4. The van der Waals surface area contributed by atoms with E-state index in [0.29, 0.717) is 22.5 Å². The van der Waals surface area contributed by atoms with Crippen molar-refractivity contribution in [3.8, 4) is 11.8 Å². The number of halogens is 2. The minimum absolute atomic E-state index is 0.375. The highest BCUT2D eigenvalue weighted by Gasteiger charge is 2.37. The molecule has 0 radical (unpaired) electrons. The summed E-state index contributed by atoms with van der Waals surface area (Å²) in [4.78, 5) is 19.8. The monoisotopic (exact) mass is 377 g/mol. The molecule has 3 aromatic rings. The maximum absolute atomic E-state index is 13.2. The molecule has 1 N–H and O–H groups in total. The number of nitrogens with one attached hydrogen (secondary N) is 1. The second-order valence-corrected chi connectivity index (χ2v) is 6.06. The molecule has 0 saturated carbocycles. The molecule has 2 aromatic heterocycles. The van der Waals surface area contributed by atoms with E-state index in [-0.39, 0.29) is 5.82 Å². The molecule has 1 aliphatic heterocycles. The average Bonchev–Trinajstić information content (AvgIpc) is 3.09. The Balaban J connectivity index is 1.63. The lowest BCUT2D eigenvalue weighted by Crippen LogP contribution is -2.20. The number of amides is 1. The van der Waals surface area contributed by atoms with Crippen LogP contribution in [0, 0.1) is 23.6 Å². The zero-order chi connectivity index (χ0) is 19.5. The van der Waals surface area contributed by atoms with Gasteiger partial charge in [-0.05, 0) is 41.8 Å². The van der Waals surface area contributed by atoms with Crippen LogP contribution in [0.15, 0.2) is 60.8 Å². The second-order valence-electron chi connectivity index (χ2n) is 6.06. The molecule has 1 aromatic carbocycles. The molecule has 138 valence electrons. The summed E-state index contributed by atoms with van der Waals surface area (Å²) in [7, 11) is 0. The van der Waals surface area contributed by atoms with Gasteiger partial charge in [-0.1, -0.05) is 24.1 Å². The second kappa shape index (κ2) is 7.45. The van der Waals surface area contributed by atoms with Crippen molar-refractivity contribution in [1.82, 2.24) is 15.3 Å². The van der Waals surface area contributed by atoms with Crippen molar-refractivity contribution in [3.63, 3.8) is 0 Å². The van der Waals surface area contributed by atoms with Gasteiger partial charge in [0, 0.05) is 17.8 Å². The highest BCUT2D eigenvalue weighted by molar-refractivity contribution is 5.71. The van der Waals surface area contributed by atoms with E-state index in [2.05, 4.69) is 27.1 Å². The number of hydrogen-bond donors (Lipinski definition) is 1. The molecule has 2 atom stereocenters. The fourth-order valence-corrected chi connectivity index (χ4v) is 2.87. The van der Waals surface area contributed by atoms with Crippen molar-refractivity contribution >= 4 is 6.09 Å². The molecular formula is C21H13F2N3O2. The summed E-state index contributed by atoms with van der Waals surface area (Å²) < 4.78 is 31.7. The number of hydrogen-bond acceptors (Lipinski definition) is 4. The minimum Gasteiger partial charge on any atom is -0.439 e. The molecule has 0 aliphatic carbocycles. The first kappa shape index (κ1) is 17.6. The van der Waals surface area contributed by atoms with Crippen LogP contribution >= 0.6 is 0 Å². The summed E-state index contributed by atoms with van der Waals surface area (Å²) in [5, 5.41) is 2.72. The first-order valence-corrected chi connectivity index (χ1v) is 8.42. The number of nitrogens with zero attached hydrogens (tertiary/aromatic N) is 2. The minimum atomic E-state index is -0.641. The Labute approximate surface area is 159 Å². The Bertz CT molecular complexity index is 1090. The number of alkyl carbamates (subject to hydrolysis) is 1. The van der Waals surface area contributed by atoms with Gasteiger partial charge in [-0.3, -0.25) is 0 Å². The molecule has 4 rings (SSSR count). The fourth-order valence-electron chi connectivity index (χ4n) is 2.87. The predicted molar refractivity (Wildman–Crippen MR) is 95.9 cm³/mol. The Morgan fingerprint density at radius 1 is 1.04 bits per heavy atom. The van der Waals surface area contributed by atoms with Crippen LogP contribution in [0.1, 0.15) is 34.7 Å². The van der Waals surface area contributed by atoms with E-state index in [1.807, 2.05) is 0 Å². The van der Waals surface area contributed by atoms with Crippen LogP contribution in [0.25, 0.3) is 0 Å². The highest BCUT2D eigenvalue weighted by atomic mass is 19.1. The summed E-state index contributed by atoms with van der Waals surface area (Å²) in [5.74, 6) is 4.71. The summed E-state index contributed by atoms with van der Waals surface area (Å²) in [6.45, 7) is 0. The molecule has 0 bridgehead atoms. The number of carbonyl (C=O) groups is 1. The molecule has 7 heteroatoms. The number of cyclic esters (lactones) is 1. The van der Waals surface area contributed by atoms with Gasteiger partial charge in [0.25, 0.3) is 0 Å². The van der Waals surface area contributed by atoms with Gasteiger partial charge < -0.3 is 10.1 Å². The van der Waals surface area contributed by atoms with E-state index in [0.717, 1.165) is 0 Å². The Kier molecular flexibility index (Phi) is 4.68. The number of benzene rings is 1. The van der Waals surface area contributed by atoms with Crippen molar-refractivity contribution in [2.24, 2.45) is 0 Å². The van der Waals surface area contributed by atoms with Crippen LogP contribution < -0.4 is 5.32 Å². The summed E-state index contributed by atoms with van der Waals surface area (Å²) >= 11 is 0. The van der Waals surface area contributed by atoms with Crippen molar-refractivity contribution < 1.29 is 18.3 Å². The van der Waals surface area contributed by atoms with E-state index < -0.39 is 24.2 Å². The Morgan fingerprint density at radius 3 is 2.64 bits per heavy atom. The SMILES string of the molecule is O=C1N[C@@H](c2cccc(C#Cc3ccnc(F)c3)n2)[C@H](c2ccc(F)cc2)O1. The number of pyridine rings is 2. The largest absolute Gasteiger partial charge is 0.439 e. The lowest BCUT2D eigenvalue weighted by atomic mass is 10.00. The first-order valence-electron chi connectivity index (χ1n) is 8.42. The lowest BCUT2D eigenvalue weighted by molar-refractivity contribution is 0.132. The van der Waals surface area contributed by atoms with E-state index in [4.69, 9.17) is 4.74 Å². The van der Waals surface area contributed by atoms with Gasteiger partial charge in [0.05, 0.1) is 5.69 Å². The third-order valence-electron chi connectivity index (χ3n) is 4.16. The standard InChI is InChI=1S/C21H13F2N3O2/c22-15-7-5-14(6-8-15)20-19(26-21(27)28-20)17-3-1-2-16(25-17)9-4-13-10-11-24-18(23)12-13/h1-3,5-8,10-12,19-20H,(H,26,27)/t19-,20-/m0/s1. The first-order chi connectivity index (χ1) is 13.6. The maximum atomic E-state index is 13.2. The normalized spacial score (nSPS) is 18.0. The van der Waals surface area contributed by atoms with E-state index in [1.54, 1.807) is 36.4 Å². The van der Waals surface area contributed by atoms with Crippen molar-refractivity contribution in [2.75, 3.05) is 0 Å². The van der Waals surface area contributed by atoms with Gasteiger partial charge >= 0.3 is 6.09 Å². The smallest absolute Gasteiger partial charge is 0.408 e. The quantitative estimate of drug-likeness (QED) is 0.547. The van der Waals surface area contributed by atoms with Crippen molar-refractivity contribution in [3.05, 3.63) is 95.1 Å². The van der Waals surface area contributed by atoms with Crippen LogP contribution in [0.3, 0.4) is 0 Å². The van der Waals surface area contributed by atoms with E-state index in [1.165, 1.54) is 24.4 Å². The molecule has 5 nitrogen and oxygen atoms in total. The van der Waals surface area contributed by atoms with Crippen LogP contribution in [0.2, 0.25) is 0 Å². The Morgan fingerprint density at radius 2 is 1.86 bits per heavy atom. The molecule has 1 aliphatic rings. The molecule has 3 heterocycles. The predicted octanol–water partition coefficient (Wildman–Crippen LogP) is 3.68. The maximum Gasteiger partial charge on any atom is 0.408 e. The van der Waals surface area contributed by atoms with Gasteiger partial charge in [-0.15, -0.1) is 0 Å². The molecule has 1 saturated heterocycles. The van der Waals surface area contributed by atoms with Crippen LogP contribution in [-0.4, -0.2) is 16.1 Å². The highest BCUT2D eigenvalue weighted by Crippen LogP contribution is 2.35. The third kappa shape index (κ3) is 3.81. The van der Waals surface area contributed by atoms with Gasteiger partial charge in [-0.25, -0.2) is 19.2 Å². The van der Waals surface area contributed by atoms with Crippen LogP contribution in [-0.2, 0) is 4.74 Å². The number of ether oxygens (including phenoxy) is 1.